The molecule has 1 unspecified atom stereocenters. The molecular weight excluding hydrogens is 230 g/mol. The molecule has 0 saturated carbocycles. The van der Waals surface area contributed by atoms with Gasteiger partial charge in [0.25, 0.3) is 5.91 Å². The van der Waals surface area contributed by atoms with Crippen molar-refractivity contribution in [3.05, 3.63) is 30.3 Å². The van der Waals surface area contributed by atoms with Crippen LogP contribution < -0.4 is 10.2 Å². The topological polar surface area (TPSA) is 52.7 Å². The number of imide groups is 1. The summed E-state index contributed by atoms with van der Waals surface area (Å²) in [6.07, 6.45) is 0.908. The average Bonchev–Trinajstić information content (AvgIpc) is 3.05. The molecule has 0 spiro atoms. The first kappa shape index (κ1) is 10.1. The summed E-state index contributed by atoms with van der Waals surface area (Å²) in [5.41, 5.74) is 0.668. The number of piperazine rings is 1. The van der Waals surface area contributed by atoms with Crippen molar-refractivity contribution in [1.82, 2.24) is 10.2 Å². The van der Waals surface area contributed by atoms with Gasteiger partial charge in [0.05, 0.1) is 5.69 Å². The number of carbonyl (C=O) groups excluding carboxylic acids is 2. The number of nitrogens with zero attached hydrogens (tertiary/aromatic N) is 2. The maximum Gasteiger partial charge on any atom is 0.332 e. The number of hydrogen-bond donors (Lipinski definition) is 1. The number of para-hydroxylation sites is 1. The standard InChI is InChI=1S/C13H13N3O2/c17-12-11-10-6-9(7-14-10)15(11)13(18)16(12)8-4-2-1-3-5-8/h1-5,9-11,14H,6-7H2/t9?,10-,11-/m1/s1. The first-order valence-corrected chi connectivity index (χ1v) is 6.22. The molecule has 3 aliphatic rings. The normalized spacial score (nSPS) is 33.4. The van der Waals surface area contributed by atoms with Gasteiger partial charge in [-0.25, -0.2) is 9.69 Å². The number of benzene rings is 1. The molecule has 1 N–H and O–H groups in total. The third-order valence-corrected chi connectivity index (χ3v) is 4.12. The van der Waals surface area contributed by atoms with Crippen molar-refractivity contribution in [2.45, 2.75) is 24.5 Å². The number of hydrogen-bond acceptors (Lipinski definition) is 3. The van der Waals surface area contributed by atoms with Crippen molar-refractivity contribution in [3.8, 4) is 0 Å². The van der Waals surface area contributed by atoms with E-state index < -0.39 is 0 Å². The van der Waals surface area contributed by atoms with E-state index in [0.717, 1.165) is 13.0 Å². The maximum atomic E-state index is 12.4. The van der Waals surface area contributed by atoms with Gasteiger partial charge >= 0.3 is 6.03 Å². The van der Waals surface area contributed by atoms with Crippen molar-refractivity contribution < 1.29 is 9.59 Å². The van der Waals surface area contributed by atoms with E-state index in [0.29, 0.717) is 5.69 Å². The average molecular weight is 243 g/mol. The molecule has 4 rings (SSSR count). The Balaban J connectivity index is 1.76. The highest BCUT2D eigenvalue weighted by Gasteiger charge is 2.59. The molecule has 5 nitrogen and oxygen atoms in total. The zero-order valence-electron chi connectivity index (χ0n) is 9.74. The van der Waals surface area contributed by atoms with Gasteiger partial charge in [0.2, 0.25) is 0 Å². The fourth-order valence-electron chi connectivity index (χ4n) is 3.34. The van der Waals surface area contributed by atoms with E-state index in [-0.39, 0.29) is 30.1 Å². The molecule has 18 heavy (non-hydrogen) atoms. The molecule has 3 saturated heterocycles. The highest BCUT2D eigenvalue weighted by molar-refractivity contribution is 6.22. The molecule has 3 aliphatic heterocycles. The molecule has 1 aromatic rings. The lowest BCUT2D eigenvalue weighted by Crippen LogP contribution is -2.51. The van der Waals surface area contributed by atoms with Crippen molar-refractivity contribution >= 4 is 17.6 Å². The molecule has 2 bridgehead atoms. The van der Waals surface area contributed by atoms with Gasteiger partial charge < -0.3 is 10.2 Å². The molecule has 0 aliphatic carbocycles. The van der Waals surface area contributed by atoms with Crippen LogP contribution in [0.25, 0.3) is 0 Å². The van der Waals surface area contributed by atoms with Gasteiger partial charge in [0.1, 0.15) is 6.04 Å². The van der Waals surface area contributed by atoms with Gasteiger partial charge in [-0.3, -0.25) is 4.79 Å². The summed E-state index contributed by atoms with van der Waals surface area (Å²) in [6, 6.07) is 9.02. The van der Waals surface area contributed by atoms with Gasteiger partial charge in [-0.1, -0.05) is 18.2 Å². The summed E-state index contributed by atoms with van der Waals surface area (Å²) >= 11 is 0. The Kier molecular flexibility index (Phi) is 1.86. The van der Waals surface area contributed by atoms with Gasteiger partial charge in [-0.2, -0.15) is 0 Å². The number of anilines is 1. The van der Waals surface area contributed by atoms with E-state index in [1.165, 1.54) is 4.90 Å². The Morgan fingerprint density at radius 2 is 1.94 bits per heavy atom. The van der Waals surface area contributed by atoms with Crippen LogP contribution in [0.1, 0.15) is 6.42 Å². The second kappa shape index (κ2) is 3.32. The first-order valence-electron chi connectivity index (χ1n) is 6.22. The number of nitrogens with one attached hydrogen (secondary N) is 1. The van der Waals surface area contributed by atoms with Gasteiger partial charge in [0.15, 0.2) is 0 Å². The predicted molar refractivity (Wildman–Crippen MR) is 65.1 cm³/mol. The Hall–Kier alpha value is -1.88. The zero-order chi connectivity index (χ0) is 12.3. The summed E-state index contributed by atoms with van der Waals surface area (Å²) < 4.78 is 0. The summed E-state index contributed by atoms with van der Waals surface area (Å²) in [5.74, 6) is -0.0918. The lowest BCUT2D eigenvalue weighted by atomic mass is 10.1. The van der Waals surface area contributed by atoms with Crippen LogP contribution in [0.15, 0.2) is 30.3 Å². The third-order valence-electron chi connectivity index (χ3n) is 4.12. The largest absolute Gasteiger partial charge is 0.332 e. The predicted octanol–water partition coefficient (Wildman–Crippen LogP) is 0.568. The van der Waals surface area contributed by atoms with E-state index in [9.17, 15) is 9.59 Å². The Bertz CT molecular complexity index is 502. The van der Waals surface area contributed by atoms with Crippen molar-refractivity contribution in [3.63, 3.8) is 0 Å². The van der Waals surface area contributed by atoms with Crippen LogP contribution in [-0.4, -0.2) is 41.5 Å². The van der Waals surface area contributed by atoms with Crippen LogP contribution in [0.4, 0.5) is 10.5 Å². The highest BCUT2D eigenvalue weighted by atomic mass is 16.2. The van der Waals surface area contributed by atoms with Gasteiger partial charge in [-0.05, 0) is 18.6 Å². The molecule has 3 atom stereocenters. The molecule has 3 heterocycles. The van der Waals surface area contributed by atoms with Gasteiger partial charge in [0, 0.05) is 18.6 Å². The van der Waals surface area contributed by atoms with E-state index in [1.54, 1.807) is 17.0 Å². The van der Waals surface area contributed by atoms with Crippen molar-refractivity contribution in [2.24, 2.45) is 0 Å². The minimum absolute atomic E-state index is 0.0918. The lowest BCUT2D eigenvalue weighted by molar-refractivity contribution is -0.120. The molecular formula is C13H13N3O2. The highest BCUT2D eigenvalue weighted by Crippen LogP contribution is 2.37. The molecule has 3 amide bonds. The fourth-order valence-corrected chi connectivity index (χ4v) is 3.34. The van der Waals surface area contributed by atoms with E-state index in [1.807, 2.05) is 18.2 Å². The monoisotopic (exact) mass is 243 g/mol. The summed E-state index contributed by atoms with van der Waals surface area (Å²) in [7, 11) is 0. The number of carbonyl (C=O) groups is 2. The SMILES string of the molecule is O=C1[C@H]2[C@H]3CC(CN3)N2C(=O)N1c1ccccc1. The smallest absolute Gasteiger partial charge is 0.309 e. The molecule has 92 valence electrons. The number of amides is 3. The quantitative estimate of drug-likeness (QED) is 0.734. The molecule has 3 fully saturated rings. The van der Waals surface area contributed by atoms with Crippen LogP contribution >= 0.6 is 0 Å². The third kappa shape index (κ3) is 1.09. The van der Waals surface area contributed by atoms with Crippen LogP contribution in [0.3, 0.4) is 0 Å². The minimum atomic E-state index is -0.295. The molecule has 0 aromatic heterocycles. The van der Waals surface area contributed by atoms with Crippen molar-refractivity contribution in [1.29, 1.82) is 0 Å². The van der Waals surface area contributed by atoms with E-state index >= 15 is 0 Å². The summed E-state index contributed by atoms with van der Waals surface area (Å²) in [5, 5.41) is 3.31. The first-order chi connectivity index (χ1) is 8.77. The maximum absolute atomic E-state index is 12.4. The second-order valence-corrected chi connectivity index (χ2v) is 5.05. The van der Waals surface area contributed by atoms with E-state index in [2.05, 4.69) is 5.32 Å². The summed E-state index contributed by atoms with van der Waals surface area (Å²) in [4.78, 5) is 27.9. The van der Waals surface area contributed by atoms with Crippen LogP contribution in [-0.2, 0) is 4.79 Å². The van der Waals surface area contributed by atoms with Crippen LogP contribution in [0.2, 0.25) is 0 Å². The van der Waals surface area contributed by atoms with Crippen LogP contribution in [0, 0.1) is 0 Å². The Labute approximate surface area is 104 Å². The number of fused-ring (bicyclic) bond motifs is 5. The summed E-state index contributed by atoms with van der Waals surface area (Å²) in [6.45, 7) is 0.808. The second-order valence-electron chi connectivity index (χ2n) is 5.05. The molecule has 1 aromatic carbocycles. The number of rotatable bonds is 1. The zero-order valence-corrected chi connectivity index (χ0v) is 9.74. The Morgan fingerprint density at radius 3 is 2.67 bits per heavy atom. The Morgan fingerprint density at radius 1 is 1.17 bits per heavy atom. The number of urea groups is 1. The van der Waals surface area contributed by atoms with Gasteiger partial charge in [-0.15, -0.1) is 0 Å². The van der Waals surface area contributed by atoms with Crippen LogP contribution in [0.5, 0.6) is 0 Å². The fraction of sp³-hybridized carbons (Fsp3) is 0.385. The minimum Gasteiger partial charge on any atom is -0.309 e. The lowest BCUT2D eigenvalue weighted by Gasteiger charge is -2.26. The van der Waals surface area contributed by atoms with Crippen molar-refractivity contribution in [2.75, 3.05) is 11.4 Å². The molecule has 0 radical (unpaired) electrons. The molecule has 5 heteroatoms. The van der Waals surface area contributed by atoms with E-state index in [4.69, 9.17) is 0 Å².